The van der Waals surface area contributed by atoms with Gasteiger partial charge in [0.25, 0.3) is 5.69 Å². The second-order valence-electron chi connectivity index (χ2n) is 5.89. The zero-order chi connectivity index (χ0) is 17.9. The molecule has 0 amide bonds. The molecule has 1 aliphatic heterocycles. The maximum Gasteiger partial charge on any atom is 0.275 e. The molecule has 0 saturated heterocycles. The van der Waals surface area contributed by atoms with E-state index in [1.807, 2.05) is 6.08 Å². The molecule has 6 nitrogen and oxygen atoms in total. The van der Waals surface area contributed by atoms with Crippen LogP contribution in [0.3, 0.4) is 0 Å². The second-order valence-corrected chi connectivity index (χ2v) is 5.89. The van der Waals surface area contributed by atoms with Crippen LogP contribution in [0.4, 0.5) is 5.69 Å². The van der Waals surface area contributed by atoms with Gasteiger partial charge in [0.15, 0.2) is 0 Å². The number of benzene rings is 2. The normalized spacial score (nSPS) is 19.0. The third-order valence-corrected chi connectivity index (χ3v) is 4.27. The lowest BCUT2D eigenvalue weighted by molar-refractivity contribution is -0.385. The zero-order valence-corrected chi connectivity index (χ0v) is 13.5. The molecule has 3 rings (SSSR count). The highest BCUT2D eigenvalue weighted by Gasteiger charge is 2.39. The number of nitrogens with zero attached hydrogens (tertiary/aromatic N) is 2. The van der Waals surface area contributed by atoms with Crippen LogP contribution in [0.15, 0.2) is 65.2 Å². The van der Waals surface area contributed by atoms with E-state index in [2.05, 4.69) is 4.99 Å². The SMILES string of the molecule is O=[N+]([O-])c1ccccc1C1(c2ccc(O)cc2)C=C(CCCO)C=N1. The van der Waals surface area contributed by atoms with Crippen molar-refractivity contribution in [1.82, 2.24) is 0 Å². The van der Waals surface area contributed by atoms with E-state index in [0.29, 0.717) is 18.4 Å². The molecule has 0 aromatic heterocycles. The number of hydrogen-bond donors (Lipinski definition) is 2. The van der Waals surface area contributed by atoms with Gasteiger partial charge in [-0.15, -0.1) is 0 Å². The molecule has 25 heavy (non-hydrogen) atoms. The highest BCUT2D eigenvalue weighted by molar-refractivity contribution is 5.84. The Labute approximate surface area is 144 Å². The Kier molecular flexibility index (Phi) is 4.63. The summed E-state index contributed by atoms with van der Waals surface area (Å²) in [4.78, 5) is 15.7. The number of allylic oxidation sites excluding steroid dienone is 1. The lowest BCUT2D eigenvalue weighted by Crippen LogP contribution is -2.22. The van der Waals surface area contributed by atoms with E-state index in [0.717, 1.165) is 11.1 Å². The summed E-state index contributed by atoms with van der Waals surface area (Å²) in [7, 11) is 0. The molecule has 2 aromatic rings. The van der Waals surface area contributed by atoms with E-state index in [-0.39, 0.29) is 18.0 Å². The summed E-state index contributed by atoms with van der Waals surface area (Å²) in [6.07, 6.45) is 4.84. The summed E-state index contributed by atoms with van der Waals surface area (Å²) in [6, 6.07) is 13.1. The van der Waals surface area contributed by atoms with E-state index < -0.39 is 10.5 Å². The van der Waals surface area contributed by atoms with E-state index in [4.69, 9.17) is 5.11 Å². The summed E-state index contributed by atoms with van der Waals surface area (Å²) in [6.45, 7) is 0.0723. The fourth-order valence-electron chi connectivity index (χ4n) is 3.08. The molecule has 0 bridgehead atoms. The average molecular weight is 338 g/mol. The summed E-state index contributed by atoms with van der Waals surface area (Å²) in [5.41, 5.74) is 1.10. The molecule has 1 atom stereocenters. The van der Waals surface area contributed by atoms with Crippen LogP contribution in [0.1, 0.15) is 24.0 Å². The fourth-order valence-corrected chi connectivity index (χ4v) is 3.08. The first-order valence-corrected chi connectivity index (χ1v) is 7.98. The maximum atomic E-state index is 11.5. The van der Waals surface area contributed by atoms with Crippen LogP contribution in [0, 0.1) is 10.1 Å². The summed E-state index contributed by atoms with van der Waals surface area (Å²) >= 11 is 0. The Morgan fingerprint density at radius 2 is 1.84 bits per heavy atom. The van der Waals surface area contributed by atoms with Crippen LogP contribution in [-0.4, -0.2) is 28.0 Å². The van der Waals surface area contributed by atoms with Crippen molar-refractivity contribution in [1.29, 1.82) is 0 Å². The number of aliphatic imine (C=N–C) groups is 1. The van der Waals surface area contributed by atoms with Gasteiger partial charge in [-0.3, -0.25) is 15.1 Å². The molecule has 0 aliphatic carbocycles. The predicted molar refractivity (Wildman–Crippen MR) is 94.9 cm³/mol. The number of aliphatic hydroxyl groups is 1. The smallest absolute Gasteiger partial charge is 0.275 e. The summed E-state index contributed by atoms with van der Waals surface area (Å²) < 4.78 is 0. The van der Waals surface area contributed by atoms with Crippen molar-refractivity contribution in [3.05, 3.63) is 81.4 Å². The first kappa shape index (κ1) is 16.9. The Hall–Kier alpha value is -2.99. The monoisotopic (exact) mass is 338 g/mol. The standard InChI is InChI=1S/C19H18N2O4/c22-11-3-4-14-12-19(20-13-14,15-7-9-16(23)10-8-15)17-5-1-2-6-18(17)21(24)25/h1-2,5-10,12-13,22-23H,3-4,11H2. The molecule has 1 heterocycles. The van der Waals surface area contributed by atoms with E-state index in [1.54, 1.807) is 48.7 Å². The number of phenols is 1. The fraction of sp³-hybridized carbons (Fsp3) is 0.211. The van der Waals surface area contributed by atoms with Gasteiger partial charge in [-0.2, -0.15) is 0 Å². The first-order chi connectivity index (χ1) is 12.1. The first-order valence-electron chi connectivity index (χ1n) is 7.98. The quantitative estimate of drug-likeness (QED) is 0.624. The van der Waals surface area contributed by atoms with Gasteiger partial charge in [-0.1, -0.05) is 24.3 Å². The number of phenolic OH excluding ortho intramolecular Hbond substituents is 1. The van der Waals surface area contributed by atoms with Gasteiger partial charge in [-0.05, 0) is 48.3 Å². The Balaban J connectivity index is 2.18. The Morgan fingerprint density at radius 1 is 1.12 bits per heavy atom. The van der Waals surface area contributed by atoms with Gasteiger partial charge < -0.3 is 10.2 Å². The topological polar surface area (TPSA) is 96.0 Å². The molecular formula is C19H18N2O4. The predicted octanol–water partition coefficient (Wildman–Crippen LogP) is 3.33. The number of nitro benzene ring substituents is 1. The number of aromatic hydroxyl groups is 1. The number of aliphatic hydroxyl groups excluding tert-OH is 1. The molecule has 1 aliphatic rings. The number of hydrogen-bond acceptors (Lipinski definition) is 5. The molecule has 0 saturated carbocycles. The third kappa shape index (κ3) is 3.16. The van der Waals surface area contributed by atoms with Crippen molar-refractivity contribution < 1.29 is 15.1 Å². The van der Waals surface area contributed by atoms with Gasteiger partial charge >= 0.3 is 0 Å². The van der Waals surface area contributed by atoms with Crippen LogP contribution in [0.25, 0.3) is 0 Å². The molecule has 128 valence electrons. The van der Waals surface area contributed by atoms with E-state index in [9.17, 15) is 15.2 Å². The highest BCUT2D eigenvalue weighted by atomic mass is 16.6. The van der Waals surface area contributed by atoms with Gasteiger partial charge in [0.1, 0.15) is 11.3 Å². The van der Waals surface area contributed by atoms with Crippen molar-refractivity contribution in [2.45, 2.75) is 18.4 Å². The molecule has 6 heteroatoms. The average Bonchev–Trinajstić information content (AvgIpc) is 3.06. The molecular weight excluding hydrogens is 320 g/mol. The minimum absolute atomic E-state index is 0.00705. The molecule has 2 N–H and O–H groups in total. The molecule has 0 radical (unpaired) electrons. The van der Waals surface area contributed by atoms with Gasteiger partial charge in [0.05, 0.1) is 10.5 Å². The van der Waals surface area contributed by atoms with Gasteiger partial charge in [-0.25, -0.2) is 0 Å². The number of para-hydroxylation sites is 1. The number of rotatable bonds is 6. The van der Waals surface area contributed by atoms with Crippen LogP contribution in [0.2, 0.25) is 0 Å². The van der Waals surface area contributed by atoms with Crippen LogP contribution < -0.4 is 0 Å². The lowest BCUT2D eigenvalue weighted by atomic mass is 9.82. The minimum Gasteiger partial charge on any atom is -0.508 e. The van der Waals surface area contributed by atoms with Crippen molar-refractivity contribution in [3.63, 3.8) is 0 Å². The zero-order valence-electron chi connectivity index (χ0n) is 13.5. The molecule has 2 aromatic carbocycles. The Bertz CT molecular complexity index is 843. The van der Waals surface area contributed by atoms with Crippen molar-refractivity contribution >= 4 is 11.9 Å². The highest BCUT2D eigenvalue weighted by Crippen LogP contribution is 2.43. The van der Waals surface area contributed by atoms with Crippen molar-refractivity contribution in [3.8, 4) is 5.75 Å². The van der Waals surface area contributed by atoms with E-state index >= 15 is 0 Å². The molecule has 1 unspecified atom stereocenters. The van der Waals surface area contributed by atoms with Crippen LogP contribution in [0.5, 0.6) is 5.75 Å². The van der Waals surface area contributed by atoms with Crippen LogP contribution in [-0.2, 0) is 5.54 Å². The Morgan fingerprint density at radius 3 is 2.52 bits per heavy atom. The van der Waals surface area contributed by atoms with Gasteiger partial charge in [0, 0.05) is 18.9 Å². The minimum atomic E-state index is -1.01. The van der Waals surface area contributed by atoms with Gasteiger partial charge in [0.2, 0.25) is 0 Å². The van der Waals surface area contributed by atoms with Crippen molar-refractivity contribution in [2.75, 3.05) is 6.61 Å². The lowest BCUT2D eigenvalue weighted by Gasteiger charge is -2.25. The maximum absolute atomic E-state index is 11.5. The molecule has 0 fully saturated rings. The second kappa shape index (κ2) is 6.86. The summed E-state index contributed by atoms with van der Waals surface area (Å²) in [5.74, 6) is 0.118. The molecule has 0 spiro atoms. The third-order valence-electron chi connectivity index (χ3n) is 4.27. The van der Waals surface area contributed by atoms with Crippen molar-refractivity contribution in [2.24, 2.45) is 4.99 Å². The van der Waals surface area contributed by atoms with E-state index in [1.165, 1.54) is 6.07 Å². The largest absolute Gasteiger partial charge is 0.508 e. The number of nitro groups is 1. The summed E-state index contributed by atoms with van der Waals surface area (Å²) in [5, 5.41) is 30.1. The van der Waals surface area contributed by atoms with Crippen LogP contribution >= 0.6 is 0 Å².